The lowest BCUT2D eigenvalue weighted by Crippen LogP contribution is -2.49. The van der Waals surface area contributed by atoms with Crippen LogP contribution in [0, 0.1) is 0 Å². The number of hydrogen-bond acceptors (Lipinski definition) is 5. The summed E-state index contributed by atoms with van der Waals surface area (Å²) in [5, 5.41) is 9.30. The summed E-state index contributed by atoms with van der Waals surface area (Å²) in [6.45, 7) is 1.49. The molecule has 8 heteroatoms. The second-order valence-corrected chi connectivity index (χ2v) is 8.11. The molecular formula is C19H20N2O5S. The molecule has 142 valence electrons. The van der Waals surface area contributed by atoms with E-state index in [-0.39, 0.29) is 17.0 Å². The Bertz CT molecular complexity index is 969. The van der Waals surface area contributed by atoms with E-state index in [0.717, 1.165) is 16.9 Å². The van der Waals surface area contributed by atoms with Crippen LogP contribution in [0.5, 0.6) is 0 Å². The number of likely N-dealkylation sites (tertiary alicyclic amines) is 1. The van der Waals surface area contributed by atoms with Crippen LogP contribution in [0.1, 0.15) is 43.3 Å². The molecule has 1 saturated heterocycles. The Morgan fingerprint density at radius 1 is 1.30 bits per heavy atom. The summed E-state index contributed by atoms with van der Waals surface area (Å²) in [6.07, 6.45) is 3.53. The Balaban J connectivity index is 1.56. The van der Waals surface area contributed by atoms with Crippen LogP contribution in [0.2, 0.25) is 0 Å². The van der Waals surface area contributed by atoms with Gasteiger partial charge in [0.05, 0.1) is 12.2 Å². The lowest BCUT2D eigenvalue weighted by atomic mass is 9.82. The van der Waals surface area contributed by atoms with Gasteiger partial charge in [0.25, 0.3) is 11.5 Å². The van der Waals surface area contributed by atoms with Gasteiger partial charge in [-0.05, 0) is 36.6 Å². The van der Waals surface area contributed by atoms with Crippen molar-refractivity contribution in [3.05, 3.63) is 55.6 Å². The van der Waals surface area contributed by atoms with E-state index in [9.17, 15) is 19.5 Å². The van der Waals surface area contributed by atoms with Crippen molar-refractivity contribution in [1.29, 1.82) is 0 Å². The Hall–Kier alpha value is -2.45. The molecule has 0 atom stereocenters. The zero-order valence-electron chi connectivity index (χ0n) is 14.9. The number of nitrogens with zero attached hydrogens (tertiary/aromatic N) is 2. The number of amides is 1. The lowest BCUT2D eigenvalue weighted by Gasteiger charge is -2.44. The molecule has 0 unspecified atom stereocenters. The number of aromatic nitrogens is 1. The number of pyridine rings is 1. The zero-order valence-corrected chi connectivity index (χ0v) is 15.8. The topological polar surface area (TPSA) is 88.8 Å². The summed E-state index contributed by atoms with van der Waals surface area (Å²) in [7, 11) is 1.62. The Labute approximate surface area is 159 Å². The minimum absolute atomic E-state index is 0.171. The second kappa shape index (κ2) is 6.61. The van der Waals surface area contributed by atoms with E-state index in [1.54, 1.807) is 36.3 Å². The highest BCUT2D eigenvalue weighted by atomic mass is 32.1. The largest absolute Gasteiger partial charge is 0.477 e. The highest BCUT2D eigenvalue weighted by Crippen LogP contribution is 2.44. The Morgan fingerprint density at radius 2 is 2.04 bits per heavy atom. The van der Waals surface area contributed by atoms with Crippen LogP contribution in [0.25, 0.3) is 0 Å². The highest BCUT2D eigenvalue weighted by molar-refractivity contribution is 7.14. The van der Waals surface area contributed by atoms with Gasteiger partial charge in [-0.1, -0.05) is 0 Å². The highest BCUT2D eigenvalue weighted by Gasteiger charge is 2.43. The fourth-order valence-electron chi connectivity index (χ4n) is 3.94. The van der Waals surface area contributed by atoms with Crippen LogP contribution >= 0.6 is 11.3 Å². The molecule has 2 aromatic rings. The van der Waals surface area contributed by atoms with Gasteiger partial charge in [-0.3, -0.25) is 9.59 Å². The smallest absolute Gasteiger partial charge is 0.345 e. The van der Waals surface area contributed by atoms with E-state index in [2.05, 4.69) is 0 Å². The van der Waals surface area contributed by atoms with Gasteiger partial charge >= 0.3 is 5.97 Å². The zero-order chi connectivity index (χ0) is 19.2. The van der Waals surface area contributed by atoms with Crippen molar-refractivity contribution in [2.75, 3.05) is 19.7 Å². The summed E-state index contributed by atoms with van der Waals surface area (Å²) in [5.41, 5.74) is 0.294. The number of aromatic carboxylic acids is 1. The quantitative estimate of drug-likeness (QED) is 0.848. The normalized spacial score (nSPS) is 18.3. The number of hydrogen-bond donors (Lipinski definition) is 1. The number of carbonyl (C=O) groups excluding carboxylic acids is 1. The molecule has 4 rings (SSSR count). The number of aryl methyl sites for hydroxylation is 1. The number of fused-ring (bicyclic) bond motifs is 2. The number of carbonyl (C=O) groups is 2. The fraction of sp³-hybridized carbons (Fsp3) is 0.421. The van der Waals surface area contributed by atoms with E-state index in [1.165, 1.54) is 15.9 Å². The van der Waals surface area contributed by atoms with Crippen LogP contribution in [0.15, 0.2) is 29.2 Å². The van der Waals surface area contributed by atoms with Crippen molar-refractivity contribution in [2.24, 2.45) is 7.05 Å². The van der Waals surface area contributed by atoms with Gasteiger partial charge in [-0.15, -0.1) is 11.3 Å². The van der Waals surface area contributed by atoms with Gasteiger partial charge < -0.3 is 19.3 Å². The number of ether oxygens (including phenoxy) is 1. The van der Waals surface area contributed by atoms with Crippen LogP contribution in [0.3, 0.4) is 0 Å². The van der Waals surface area contributed by atoms with E-state index < -0.39 is 11.6 Å². The third-order valence-corrected chi connectivity index (χ3v) is 6.61. The molecule has 0 bridgehead atoms. The molecule has 0 radical (unpaired) electrons. The summed E-state index contributed by atoms with van der Waals surface area (Å²) in [4.78, 5) is 39.4. The molecule has 1 amide bonds. The van der Waals surface area contributed by atoms with Crippen molar-refractivity contribution in [2.45, 2.75) is 24.9 Å². The van der Waals surface area contributed by atoms with Crippen molar-refractivity contribution in [3.8, 4) is 0 Å². The maximum atomic E-state index is 12.8. The van der Waals surface area contributed by atoms with Crippen molar-refractivity contribution >= 4 is 23.2 Å². The number of carboxylic acids is 1. The molecule has 4 heterocycles. The van der Waals surface area contributed by atoms with Gasteiger partial charge in [0, 0.05) is 37.6 Å². The Morgan fingerprint density at radius 3 is 2.74 bits per heavy atom. The lowest BCUT2D eigenvalue weighted by molar-refractivity contribution is -0.0926. The summed E-state index contributed by atoms with van der Waals surface area (Å²) in [6, 6.07) is 4.98. The number of rotatable bonds is 2. The Kier molecular flexibility index (Phi) is 4.39. The van der Waals surface area contributed by atoms with Gasteiger partial charge in [0.15, 0.2) is 0 Å². The first kappa shape index (κ1) is 17.9. The summed E-state index contributed by atoms with van der Waals surface area (Å²) in [5.74, 6) is -1.18. The molecule has 0 saturated carbocycles. The molecule has 0 aromatic carbocycles. The monoisotopic (exact) mass is 388 g/mol. The van der Waals surface area contributed by atoms with Crippen LogP contribution in [0.4, 0.5) is 0 Å². The number of thiophene rings is 1. The first-order chi connectivity index (χ1) is 12.9. The second-order valence-electron chi connectivity index (χ2n) is 6.98. The van der Waals surface area contributed by atoms with E-state index in [1.807, 2.05) is 0 Å². The van der Waals surface area contributed by atoms with Gasteiger partial charge in [0.2, 0.25) is 0 Å². The standard InChI is InChI=1S/C19H20N2O5S/c1-20-7-2-3-12(16(20)22)17(23)21-8-5-19(6-9-21)13-11-15(18(24)25)27-14(13)4-10-26-19/h2-3,7,11H,4-6,8-10H2,1H3,(H,24,25). The van der Waals surface area contributed by atoms with E-state index >= 15 is 0 Å². The van der Waals surface area contributed by atoms with Gasteiger partial charge in [0.1, 0.15) is 10.4 Å². The fourth-order valence-corrected chi connectivity index (χ4v) is 5.01. The third-order valence-electron chi connectivity index (χ3n) is 5.43. The van der Waals surface area contributed by atoms with Crippen LogP contribution in [-0.4, -0.2) is 46.1 Å². The molecule has 1 N–H and O–H groups in total. The third kappa shape index (κ3) is 2.98. The molecule has 27 heavy (non-hydrogen) atoms. The predicted molar refractivity (Wildman–Crippen MR) is 99.4 cm³/mol. The minimum atomic E-state index is -0.919. The van der Waals surface area contributed by atoms with E-state index in [0.29, 0.717) is 37.4 Å². The average molecular weight is 388 g/mol. The first-order valence-corrected chi connectivity index (χ1v) is 9.68. The maximum absolute atomic E-state index is 12.8. The molecule has 1 fully saturated rings. The van der Waals surface area contributed by atoms with Crippen molar-refractivity contribution < 1.29 is 19.4 Å². The average Bonchev–Trinajstić information content (AvgIpc) is 3.11. The first-order valence-electron chi connectivity index (χ1n) is 8.87. The molecule has 1 spiro atoms. The summed E-state index contributed by atoms with van der Waals surface area (Å²) >= 11 is 1.31. The van der Waals surface area contributed by atoms with E-state index in [4.69, 9.17) is 4.74 Å². The van der Waals surface area contributed by atoms with Crippen molar-refractivity contribution in [1.82, 2.24) is 9.47 Å². The molecular weight excluding hydrogens is 368 g/mol. The SMILES string of the molecule is Cn1cccc(C(=O)N2CCC3(CC2)OCCc2sc(C(=O)O)cc23)c1=O. The van der Waals surface area contributed by atoms with Gasteiger partial charge in [-0.25, -0.2) is 4.79 Å². The molecule has 2 aromatic heterocycles. The van der Waals surface area contributed by atoms with Crippen LogP contribution < -0.4 is 5.56 Å². The van der Waals surface area contributed by atoms with Crippen molar-refractivity contribution in [3.63, 3.8) is 0 Å². The molecule has 7 nitrogen and oxygen atoms in total. The number of piperidine rings is 1. The molecule has 2 aliphatic heterocycles. The van der Waals surface area contributed by atoms with Gasteiger partial charge in [-0.2, -0.15) is 0 Å². The number of carboxylic acid groups (broad SMARTS) is 1. The van der Waals surface area contributed by atoms with Crippen LogP contribution in [-0.2, 0) is 23.8 Å². The minimum Gasteiger partial charge on any atom is -0.477 e. The molecule has 2 aliphatic rings. The predicted octanol–water partition coefficient (Wildman–Crippen LogP) is 1.85. The summed E-state index contributed by atoms with van der Waals surface area (Å²) < 4.78 is 7.51. The maximum Gasteiger partial charge on any atom is 0.345 e. The molecule has 0 aliphatic carbocycles.